The first-order valence-corrected chi connectivity index (χ1v) is 9.86. The number of hydrogen-bond acceptors (Lipinski definition) is 3. The van der Waals surface area contributed by atoms with Gasteiger partial charge in [0.15, 0.2) is 0 Å². The van der Waals surface area contributed by atoms with E-state index >= 15 is 0 Å². The van der Waals surface area contributed by atoms with Crippen molar-refractivity contribution in [3.63, 3.8) is 0 Å². The highest BCUT2D eigenvalue weighted by atomic mass is 16.4. The average Bonchev–Trinajstić information content (AvgIpc) is 3.04. The highest BCUT2D eigenvalue weighted by molar-refractivity contribution is 5.87. The molecule has 150 valence electrons. The third-order valence-corrected chi connectivity index (χ3v) is 5.06. The molecule has 0 aromatic heterocycles. The van der Waals surface area contributed by atoms with Crippen LogP contribution in [0.5, 0.6) is 0 Å². The number of benzene rings is 1. The number of hydrogen-bond donors (Lipinski definition) is 2. The summed E-state index contributed by atoms with van der Waals surface area (Å²) in [6, 6.07) is 6.74. The van der Waals surface area contributed by atoms with Crippen molar-refractivity contribution in [3.05, 3.63) is 47.5 Å². The van der Waals surface area contributed by atoms with Gasteiger partial charge in [0, 0.05) is 25.8 Å². The largest absolute Gasteiger partial charge is 0.478 e. The van der Waals surface area contributed by atoms with Crippen molar-refractivity contribution in [2.75, 3.05) is 6.54 Å². The van der Waals surface area contributed by atoms with Crippen LogP contribution in [0, 0.1) is 17.8 Å². The Morgan fingerprint density at radius 1 is 1.32 bits per heavy atom. The molecule has 1 aliphatic rings. The van der Waals surface area contributed by atoms with Crippen molar-refractivity contribution in [2.45, 2.75) is 58.1 Å². The summed E-state index contributed by atoms with van der Waals surface area (Å²) in [6.45, 7) is 4.55. The molecule has 0 spiro atoms. The van der Waals surface area contributed by atoms with Crippen molar-refractivity contribution >= 4 is 11.9 Å². The first-order valence-electron chi connectivity index (χ1n) is 9.86. The number of aliphatic hydroxyl groups is 1. The molecule has 2 N–H and O–H groups in total. The van der Waals surface area contributed by atoms with Crippen LogP contribution in [0.25, 0.3) is 0 Å². The van der Waals surface area contributed by atoms with Crippen molar-refractivity contribution in [1.29, 1.82) is 0 Å². The van der Waals surface area contributed by atoms with Crippen LogP contribution in [0.15, 0.2) is 36.4 Å². The zero-order valence-electron chi connectivity index (χ0n) is 16.6. The third kappa shape index (κ3) is 6.24. The molecule has 0 radical (unpaired) electrons. The number of aliphatic hydroxyl groups excluding tert-OH is 1. The van der Waals surface area contributed by atoms with Gasteiger partial charge in [-0.3, -0.25) is 4.79 Å². The number of carboxylic acids is 1. The van der Waals surface area contributed by atoms with E-state index in [2.05, 4.69) is 11.8 Å². The summed E-state index contributed by atoms with van der Waals surface area (Å²) in [5, 5.41) is 19.3. The van der Waals surface area contributed by atoms with Crippen LogP contribution in [-0.4, -0.2) is 45.7 Å². The van der Waals surface area contributed by atoms with Gasteiger partial charge in [-0.2, -0.15) is 0 Å². The zero-order chi connectivity index (χ0) is 20.5. The number of amides is 1. The molecule has 2 rings (SSSR count). The second-order valence-electron chi connectivity index (χ2n) is 7.21. The Hall–Kier alpha value is -2.58. The van der Waals surface area contributed by atoms with Gasteiger partial charge in [0.25, 0.3) is 0 Å². The molecule has 1 heterocycles. The van der Waals surface area contributed by atoms with Gasteiger partial charge >= 0.3 is 5.97 Å². The summed E-state index contributed by atoms with van der Waals surface area (Å²) < 4.78 is 0. The molecule has 1 aromatic carbocycles. The maximum absolute atomic E-state index is 12.2. The van der Waals surface area contributed by atoms with E-state index in [0.29, 0.717) is 25.8 Å². The second-order valence-corrected chi connectivity index (χ2v) is 7.21. The molecule has 1 aromatic rings. The number of carboxylic acid groups (broad SMARTS) is 1. The molecule has 1 fully saturated rings. The molecule has 1 saturated heterocycles. The van der Waals surface area contributed by atoms with E-state index in [1.54, 1.807) is 30.3 Å². The summed E-state index contributed by atoms with van der Waals surface area (Å²) in [5.41, 5.74) is 1.25. The van der Waals surface area contributed by atoms with E-state index in [9.17, 15) is 14.7 Å². The SMILES string of the molecule is CCC#CC[C@H](C)[C@@H](O)C=C[C@H]1CCC(=O)N1CCc1ccc(C(=O)O)cc1. The van der Waals surface area contributed by atoms with Gasteiger partial charge in [0.1, 0.15) is 0 Å². The number of rotatable bonds is 8. The van der Waals surface area contributed by atoms with E-state index in [-0.39, 0.29) is 23.4 Å². The van der Waals surface area contributed by atoms with Gasteiger partial charge < -0.3 is 15.1 Å². The maximum Gasteiger partial charge on any atom is 0.335 e. The Bertz CT molecular complexity index is 757. The second kappa shape index (κ2) is 10.7. The lowest BCUT2D eigenvalue weighted by atomic mass is 10.00. The summed E-state index contributed by atoms with van der Waals surface area (Å²) in [7, 11) is 0. The first kappa shape index (κ1) is 21.7. The van der Waals surface area contributed by atoms with Gasteiger partial charge in [0.05, 0.1) is 17.7 Å². The fourth-order valence-corrected chi connectivity index (χ4v) is 3.22. The molecule has 0 unspecified atom stereocenters. The minimum absolute atomic E-state index is 0.00521. The molecule has 5 nitrogen and oxygen atoms in total. The summed E-state index contributed by atoms with van der Waals surface area (Å²) >= 11 is 0. The van der Waals surface area contributed by atoms with Crippen LogP contribution in [0.3, 0.4) is 0 Å². The molecular formula is C23H29NO4. The average molecular weight is 383 g/mol. The number of carbonyl (C=O) groups excluding carboxylic acids is 1. The summed E-state index contributed by atoms with van der Waals surface area (Å²) in [4.78, 5) is 25.0. The van der Waals surface area contributed by atoms with Crippen LogP contribution >= 0.6 is 0 Å². The van der Waals surface area contributed by atoms with Crippen LogP contribution in [0.4, 0.5) is 0 Å². The zero-order valence-corrected chi connectivity index (χ0v) is 16.6. The number of likely N-dealkylation sites (tertiary alicyclic amines) is 1. The molecule has 1 aliphatic heterocycles. The number of nitrogens with zero attached hydrogens (tertiary/aromatic N) is 1. The maximum atomic E-state index is 12.2. The van der Waals surface area contributed by atoms with Crippen molar-refractivity contribution in [3.8, 4) is 11.8 Å². The van der Waals surface area contributed by atoms with E-state index in [0.717, 1.165) is 18.4 Å². The topological polar surface area (TPSA) is 77.8 Å². The Labute approximate surface area is 167 Å². The molecule has 5 heteroatoms. The fourth-order valence-electron chi connectivity index (χ4n) is 3.22. The minimum Gasteiger partial charge on any atom is -0.478 e. The highest BCUT2D eigenvalue weighted by Gasteiger charge is 2.28. The van der Waals surface area contributed by atoms with Crippen LogP contribution < -0.4 is 0 Å². The van der Waals surface area contributed by atoms with E-state index in [1.807, 2.05) is 24.8 Å². The fraction of sp³-hybridized carbons (Fsp3) is 0.478. The molecule has 0 bridgehead atoms. The van der Waals surface area contributed by atoms with Gasteiger partial charge in [-0.05, 0) is 36.5 Å². The molecule has 0 saturated carbocycles. The Balaban J connectivity index is 1.92. The molecule has 28 heavy (non-hydrogen) atoms. The Morgan fingerprint density at radius 2 is 2.04 bits per heavy atom. The van der Waals surface area contributed by atoms with E-state index in [1.165, 1.54) is 0 Å². The Kier molecular flexibility index (Phi) is 8.28. The van der Waals surface area contributed by atoms with Gasteiger partial charge in [-0.25, -0.2) is 4.79 Å². The van der Waals surface area contributed by atoms with E-state index in [4.69, 9.17) is 5.11 Å². The molecule has 0 aliphatic carbocycles. The summed E-state index contributed by atoms with van der Waals surface area (Å²) in [5.74, 6) is 5.30. The predicted molar refractivity (Wildman–Crippen MR) is 109 cm³/mol. The van der Waals surface area contributed by atoms with Crippen LogP contribution in [-0.2, 0) is 11.2 Å². The van der Waals surface area contributed by atoms with Crippen molar-refractivity contribution in [2.24, 2.45) is 5.92 Å². The first-order chi connectivity index (χ1) is 13.4. The standard InChI is InChI=1S/C23H29NO4/c1-3-4-5-6-17(2)21(25)13-11-20-12-14-22(26)24(20)16-15-18-7-9-19(10-8-18)23(27)28/h7-11,13,17,20-21,25H,3,6,12,14-16H2,1-2H3,(H,27,28)/t17-,20-,21-/m0/s1. The quantitative estimate of drug-likeness (QED) is 0.533. The third-order valence-electron chi connectivity index (χ3n) is 5.06. The lowest BCUT2D eigenvalue weighted by Gasteiger charge is -2.23. The molecular weight excluding hydrogens is 354 g/mol. The normalized spacial score (nSPS) is 18.8. The van der Waals surface area contributed by atoms with Crippen LogP contribution in [0.2, 0.25) is 0 Å². The highest BCUT2D eigenvalue weighted by Crippen LogP contribution is 2.21. The van der Waals surface area contributed by atoms with E-state index < -0.39 is 12.1 Å². The van der Waals surface area contributed by atoms with Gasteiger partial charge in [-0.15, -0.1) is 11.8 Å². The lowest BCUT2D eigenvalue weighted by Crippen LogP contribution is -2.34. The minimum atomic E-state index is -0.945. The van der Waals surface area contributed by atoms with Crippen LogP contribution in [0.1, 0.15) is 55.5 Å². The monoisotopic (exact) mass is 383 g/mol. The lowest BCUT2D eigenvalue weighted by molar-refractivity contribution is -0.128. The number of carbonyl (C=O) groups is 2. The molecule has 3 atom stereocenters. The van der Waals surface area contributed by atoms with Crippen molar-refractivity contribution < 1.29 is 19.8 Å². The van der Waals surface area contributed by atoms with Gasteiger partial charge in [0.2, 0.25) is 5.91 Å². The predicted octanol–water partition coefficient (Wildman–Crippen LogP) is 3.28. The Morgan fingerprint density at radius 3 is 2.68 bits per heavy atom. The smallest absolute Gasteiger partial charge is 0.335 e. The summed E-state index contributed by atoms with van der Waals surface area (Å²) in [6.07, 6.45) is 6.55. The molecule has 1 amide bonds. The number of aromatic carboxylic acids is 1. The van der Waals surface area contributed by atoms with Crippen molar-refractivity contribution in [1.82, 2.24) is 4.90 Å². The van der Waals surface area contributed by atoms with Gasteiger partial charge in [-0.1, -0.05) is 38.1 Å².